The number of unbranched alkanes of at least 4 members (excludes halogenated alkanes) is 15. The first-order valence-electron chi connectivity index (χ1n) is 12.0. The molecule has 176 valence electrons. The van der Waals surface area contributed by atoms with E-state index in [1.807, 2.05) is 0 Å². The molecule has 0 aromatic carbocycles. The molecule has 1 aliphatic heterocycles. The van der Waals surface area contributed by atoms with Crippen molar-refractivity contribution in [2.75, 3.05) is 32.9 Å². The van der Waals surface area contributed by atoms with E-state index in [9.17, 15) is 4.57 Å². The van der Waals surface area contributed by atoms with E-state index in [0.29, 0.717) is 0 Å². The lowest BCUT2D eigenvalue weighted by Gasteiger charge is -2.10. The molecule has 0 aliphatic carbocycles. The number of nitrogens with one attached hydrogen (secondary N) is 1. The minimum absolute atomic E-state index is 0.169. The lowest BCUT2D eigenvalue weighted by atomic mass is 10.0. The van der Waals surface area contributed by atoms with Crippen molar-refractivity contribution in [1.82, 2.24) is 5.32 Å². The Labute approximate surface area is 179 Å². The van der Waals surface area contributed by atoms with Gasteiger partial charge in [-0.15, -0.1) is 0 Å². The van der Waals surface area contributed by atoms with E-state index in [-0.39, 0.29) is 6.61 Å². The van der Waals surface area contributed by atoms with Crippen LogP contribution < -0.4 is 5.32 Å². The van der Waals surface area contributed by atoms with Crippen molar-refractivity contribution in [3.05, 3.63) is 0 Å². The maximum atomic E-state index is 10.5. The smallest absolute Gasteiger partial charge is 0.379 e. The lowest BCUT2D eigenvalue weighted by Crippen LogP contribution is -2.30. The zero-order valence-electron chi connectivity index (χ0n) is 18.9. The largest absolute Gasteiger partial charge is 0.469 e. The maximum absolute atomic E-state index is 10.5. The highest BCUT2D eigenvalue weighted by Crippen LogP contribution is 2.35. The molecule has 1 heterocycles. The van der Waals surface area contributed by atoms with Crippen molar-refractivity contribution in [1.29, 1.82) is 0 Å². The first-order valence-corrected chi connectivity index (χ1v) is 13.6. The van der Waals surface area contributed by atoms with Gasteiger partial charge in [0.1, 0.15) is 0 Å². The van der Waals surface area contributed by atoms with E-state index in [4.69, 9.17) is 14.5 Å². The van der Waals surface area contributed by atoms with Gasteiger partial charge in [0.25, 0.3) is 0 Å². The molecule has 0 aromatic rings. The quantitative estimate of drug-likeness (QED) is 0.181. The van der Waals surface area contributed by atoms with Gasteiger partial charge in [0.05, 0.1) is 19.8 Å². The van der Waals surface area contributed by atoms with Crippen LogP contribution in [-0.4, -0.2) is 42.7 Å². The summed E-state index contributed by atoms with van der Waals surface area (Å²) in [5, 5.41) is 3.16. The molecule has 0 unspecified atom stereocenters. The van der Waals surface area contributed by atoms with Gasteiger partial charge in [-0.2, -0.15) is 0 Å². The fourth-order valence-electron chi connectivity index (χ4n) is 3.35. The number of rotatable bonds is 18. The van der Waals surface area contributed by atoms with Crippen LogP contribution in [0.5, 0.6) is 0 Å². The zero-order chi connectivity index (χ0) is 21.5. The Balaban J connectivity index is 0.00000110. The number of phosphoric acid groups is 1. The Kier molecular flexibility index (Phi) is 22.7. The Morgan fingerprint density at radius 2 is 1.10 bits per heavy atom. The van der Waals surface area contributed by atoms with Gasteiger partial charge in [-0.25, -0.2) is 4.57 Å². The minimum Gasteiger partial charge on any atom is -0.379 e. The molecule has 0 aromatic heterocycles. The summed E-state index contributed by atoms with van der Waals surface area (Å²) in [4.78, 5) is 17.1. The number of hydrogen-bond donors (Lipinski definition) is 3. The predicted molar refractivity (Wildman–Crippen MR) is 121 cm³/mol. The van der Waals surface area contributed by atoms with Crippen molar-refractivity contribution in [2.45, 2.75) is 110 Å². The molecule has 0 atom stereocenters. The molecule has 1 fully saturated rings. The number of hydrogen-bond acceptors (Lipinski definition) is 4. The van der Waals surface area contributed by atoms with Crippen LogP contribution in [0.15, 0.2) is 0 Å². The third-order valence-corrected chi connectivity index (χ3v) is 5.62. The van der Waals surface area contributed by atoms with Crippen molar-refractivity contribution >= 4 is 7.82 Å². The molecule has 0 amide bonds. The average Bonchev–Trinajstić information content (AvgIpc) is 2.71. The van der Waals surface area contributed by atoms with E-state index in [0.717, 1.165) is 45.6 Å². The number of phosphoric ester groups is 1. The third kappa shape index (κ3) is 28.0. The standard InChI is InChI=1S/C18H39O4P.C4H9NO/c1-2-3-4-5-6-7-8-9-10-11-12-13-14-15-16-17-18-22-23(19,20)21;1-3-6-4-2-5-1/h2-18H2,1H3,(H2,19,20,21);5H,1-4H2. The van der Waals surface area contributed by atoms with E-state index < -0.39 is 7.82 Å². The molecule has 0 bridgehead atoms. The Bertz CT molecular complexity index is 350. The van der Waals surface area contributed by atoms with E-state index >= 15 is 0 Å². The molecule has 0 spiro atoms. The fourth-order valence-corrected chi connectivity index (χ4v) is 3.72. The van der Waals surface area contributed by atoms with Gasteiger partial charge in [0.15, 0.2) is 0 Å². The average molecular weight is 438 g/mol. The molecule has 0 radical (unpaired) electrons. The van der Waals surface area contributed by atoms with Crippen LogP contribution in [0, 0.1) is 0 Å². The predicted octanol–water partition coefficient (Wildman–Crippen LogP) is 5.96. The van der Waals surface area contributed by atoms with E-state index in [1.165, 1.54) is 83.5 Å². The number of ether oxygens (including phenoxy) is 1. The molecule has 0 saturated carbocycles. The van der Waals surface area contributed by atoms with Crippen LogP contribution in [0.3, 0.4) is 0 Å². The summed E-state index contributed by atoms with van der Waals surface area (Å²) in [7, 11) is -4.26. The van der Waals surface area contributed by atoms with Gasteiger partial charge in [-0.1, -0.05) is 103 Å². The SMILES string of the molecule is C1COCCN1.CCCCCCCCCCCCCCCCCCOP(=O)(O)O. The van der Waals surface area contributed by atoms with Crippen LogP contribution >= 0.6 is 7.82 Å². The van der Waals surface area contributed by atoms with Gasteiger partial charge < -0.3 is 19.8 Å². The van der Waals surface area contributed by atoms with Gasteiger partial charge in [0, 0.05) is 13.1 Å². The maximum Gasteiger partial charge on any atom is 0.469 e. The van der Waals surface area contributed by atoms with Gasteiger partial charge in [-0.3, -0.25) is 4.52 Å². The van der Waals surface area contributed by atoms with Crippen molar-refractivity contribution in [2.24, 2.45) is 0 Å². The lowest BCUT2D eigenvalue weighted by molar-refractivity contribution is 0.109. The van der Waals surface area contributed by atoms with Crippen LogP contribution in [0.25, 0.3) is 0 Å². The van der Waals surface area contributed by atoms with Crippen LogP contribution in [0.4, 0.5) is 0 Å². The highest BCUT2D eigenvalue weighted by Gasteiger charge is 2.12. The van der Waals surface area contributed by atoms with Crippen molar-refractivity contribution in [3.63, 3.8) is 0 Å². The van der Waals surface area contributed by atoms with E-state index in [1.54, 1.807) is 0 Å². The molecule has 6 nitrogen and oxygen atoms in total. The molecule has 29 heavy (non-hydrogen) atoms. The second-order valence-corrected chi connectivity index (χ2v) is 9.23. The zero-order valence-corrected chi connectivity index (χ0v) is 19.8. The second-order valence-electron chi connectivity index (χ2n) is 7.99. The van der Waals surface area contributed by atoms with Gasteiger partial charge >= 0.3 is 7.82 Å². The Hall–Kier alpha value is 0.0300. The topological polar surface area (TPSA) is 88.0 Å². The Morgan fingerprint density at radius 1 is 0.724 bits per heavy atom. The first kappa shape index (κ1) is 29.0. The van der Waals surface area contributed by atoms with Crippen LogP contribution in [0.2, 0.25) is 0 Å². The highest BCUT2D eigenvalue weighted by molar-refractivity contribution is 7.46. The van der Waals surface area contributed by atoms with Crippen LogP contribution in [-0.2, 0) is 13.8 Å². The minimum atomic E-state index is -4.26. The fraction of sp³-hybridized carbons (Fsp3) is 1.00. The molecule has 7 heteroatoms. The summed E-state index contributed by atoms with van der Waals surface area (Å²) in [5.74, 6) is 0. The first-order chi connectivity index (χ1) is 14.1. The van der Waals surface area contributed by atoms with Gasteiger partial charge in [0.2, 0.25) is 0 Å². The Morgan fingerprint density at radius 3 is 1.38 bits per heavy atom. The second kappa shape index (κ2) is 22.7. The molecule has 1 aliphatic rings. The normalized spacial score (nSPS) is 14.4. The number of morpholine rings is 1. The third-order valence-electron chi connectivity index (χ3n) is 5.10. The van der Waals surface area contributed by atoms with Crippen molar-refractivity contribution in [3.8, 4) is 0 Å². The molecule has 3 N–H and O–H groups in total. The summed E-state index contributed by atoms with van der Waals surface area (Å²) in [5.41, 5.74) is 0. The van der Waals surface area contributed by atoms with Crippen molar-refractivity contribution < 1.29 is 23.6 Å². The summed E-state index contributed by atoms with van der Waals surface area (Å²) in [6.07, 6.45) is 20.7. The van der Waals surface area contributed by atoms with Crippen LogP contribution in [0.1, 0.15) is 110 Å². The highest BCUT2D eigenvalue weighted by atomic mass is 31.2. The summed E-state index contributed by atoms with van der Waals surface area (Å²) < 4.78 is 19.9. The summed E-state index contributed by atoms with van der Waals surface area (Å²) in [6.45, 7) is 6.27. The monoisotopic (exact) mass is 437 g/mol. The summed E-state index contributed by atoms with van der Waals surface area (Å²) >= 11 is 0. The molecular formula is C22H48NO5P. The van der Waals surface area contributed by atoms with Gasteiger partial charge in [-0.05, 0) is 6.42 Å². The molecule has 1 rings (SSSR count). The molecular weight excluding hydrogens is 389 g/mol. The molecule has 1 saturated heterocycles. The van der Waals surface area contributed by atoms with E-state index in [2.05, 4.69) is 16.8 Å². The summed E-state index contributed by atoms with van der Waals surface area (Å²) in [6, 6.07) is 0.